The number of rotatable bonds is 8. The van der Waals surface area contributed by atoms with Crippen molar-refractivity contribution in [3.8, 4) is 17.2 Å². The largest absolute Gasteiger partial charge is 0.497 e. The lowest BCUT2D eigenvalue weighted by Gasteiger charge is -2.26. The Kier molecular flexibility index (Phi) is 6.95. The van der Waals surface area contributed by atoms with Crippen LogP contribution in [0.1, 0.15) is 0 Å². The maximum atomic E-state index is 5.84. The molecule has 6 heteroatoms. The zero-order chi connectivity index (χ0) is 14.3. The molecule has 1 aromatic rings. The zero-order valence-electron chi connectivity index (χ0n) is 11.4. The van der Waals surface area contributed by atoms with Gasteiger partial charge in [-0.2, -0.15) is 0 Å². The molecule has 1 rings (SSSR count). The van der Waals surface area contributed by atoms with Gasteiger partial charge >= 0.3 is 0 Å². The Morgan fingerprint density at radius 1 is 0.947 bits per heavy atom. The van der Waals surface area contributed by atoms with Gasteiger partial charge in [-0.3, -0.25) is 0 Å². The molecule has 0 aliphatic carbocycles. The van der Waals surface area contributed by atoms with E-state index in [9.17, 15) is 0 Å². The van der Waals surface area contributed by atoms with Crippen molar-refractivity contribution >= 4 is 28.9 Å². The van der Waals surface area contributed by atoms with Crippen molar-refractivity contribution in [1.82, 2.24) is 0 Å². The van der Waals surface area contributed by atoms with Crippen molar-refractivity contribution in [3.05, 3.63) is 12.1 Å². The first kappa shape index (κ1) is 16.1. The molecule has 1 aromatic carbocycles. The molecule has 0 aromatic heterocycles. The summed E-state index contributed by atoms with van der Waals surface area (Å²) < 4.78 is 16.0. The van der Waals surface area contributed by atoms with E-state index in [0.29, 0.717) is 42.1 Å². The zero-order valence-corrected chi connectivity index (χ0v) is 12.9. The molecule has 0 N–H and O–H groups in total. The summed E-state index contributed by atoms with van der Waals surface area (Å²) >= 11 is 11.7. The van der Waals surface area contributed by atoms with E-state index in [1.807, 2.05) is 11.0 Å². The first-order valence-corrected chi connectivity index (χ1v) is 6.95. The lowest BCUT2D eigenvalue weighted by molar-refractivity contribution is 0.349. The maximum absolute atomic E-state index is 5.84. The molecule has 19 heavy (non-hydrogen) atoms. The van der Waals surface area contributed by atoms with Crippen molar-refractivity contribution in [1.29, 1.82) is 0 Å². The number of ether oxygens (including phenoxy) is 3. The molecule has 0 aliphatic heterocycles. The van der Waals surface area contributed by atoms with Crippen LogP contribution >= 0.6 is 23.2 Å². The van der Waals surface area contributed by atoms with Crippen LogP contribution in [0.3, 0.4) is 0 Å². The van der Waals surface area contributed by atoms with Gasteiger partial charge < -0.3 is 19.1 Å². The third-order valence-corrected chi connectivity index (χ3v) is 3.06. The highest BCUT2D eigenvalue weighted by Gasteiger charge is 2.18. The van der Waals surface area contributed by atoms with E-state index in [1.54, 1.807) is 27.4 Å². The fourth-order valence-electron chi connectivity index (χ4n) is 1.83. The van der Waals surface area contributed by atoms with Gasteiger partial charge in [-0.1, -0.05) is 0 Å². The Bertz CT molecular complexity index is 396. The van der Waals surface area contributed by atoms with Gasteiger partial charge in [0.15, 0.2) is 11.5 Å². The first-order chi connectivity index (χ1) is 9.21. The molecule has 4 nitrogen and oxygen atoms in total. The molecule has 0 saturated heterocycles. The molecular formula is C13H19Cl2NO3. The number of hydrogen-bond donors (Lipinski definition) is 0. The van der Waals surface area contributed by atoms with Crippen molar-refractivity contribution < 1.29 is 14.2 Å². The fourth-order valence-corrected chi connectivity index (χ4v) is 2.24. The van der Waals surface area contributed by atoms with E-state index in [2.05, 4.69) is 0 Å². The van der Waals surface area contributed by atoms with Crippen molar-refractivity contribution in [3.63, 3.8) is 0 Å². The normalized spacial score (nSPS) is 10.2. The van der Waals surface area contributed by atoms with Gasteiger partial charge in [0.1, 0.15) is 5.75 Å². The Labute approximate surface area is 124 Å². The Morgan fingerprint density at radius 3 is 2.00 bits per heavy atom. The predicted molar refractivity (Wildman–Crippen MR) is 79.8 cm³/mol. The summed E-state index contributed by atoms with van der Waals surface area (Å²) in [6.07, 6.45) is 0. The van der Waals surface area contributed by atoms with Gasteiger partial charge in [0.2, 0.25) is 0 Å². The number of halogens is 2. The average molecular weight is 308 g/mol. The van der Waals surface area contributed by atoms with E-state index >= 15 is 0 Å². The average Bonchev–Trinajstić information content (AvgIpc) is 2.45. The first-order valence-electron chi connectivity index (χ1n) is 5.88. The molecule has 0 saturated carbocycles. The molecule has 0 fully saturated rings. The number of anilines is 1. The molecule has 0 amide bonds. The molecule has 0 heterocycles. The van der Waals surface area contributed by atoms with Crippen LogP contribution in [0.25, 0.3) is 0 Å². The summed E-state index contributed by atoms with van der Waals surface area (Å²) in [6, 6.07) is 3.67. The summed E-state index contributed by atoms with van der Waals surface area (Å²) in [5.41, 5.74) is 0.861. The van der Waals surface area contributed by atoms with E-state index in [4.69, 9.17) is 37.4 Å². The van der Waals surface area contributed by atoms with E-state index < -0.39 is 0 Å². The monoisotopic (exact) mass is 307 g/mol. The Morgan fingerprint density at radius 2 is 1.58 bits per heavy atom. The smallest absolute Gasteiger partial charge is 0.184 e. The highest BCUT2D eigenvalue weighted by Crippen LogP contribution is 2.41. The standard InChI is InChI=1S/C13H19Cl2NO3/c1-17-10-8-11(16(6-4-14)7-5-15)13(19-3)12(9-10)18-2/h8-9H,4-7H2,1-3H3. The van der Waals surface area contributed by atoms with Crippen LogP contribution in [0.15, 0.2) is 12.1 Å². The maximum Gasteiger partial charge on any atom is 0.184 e. The number of nitrogens with zero attached hydrogens (tertiary/aromatic N) is 1. The molecule has 108 valence electrons. The highest BCUT2D eigenvalue weighted by atomic mass is 35.5. The van der Waals surface area contributed by atoms with E-state index in [-0.39, 0.29) is 0 Å². The fraction of sp³-hybridized carbons (Fsp3) is 0.538. The van der Waals surface area contributed by atoms with Gasteiger partial charge in [-0.15, -0.1) is 23.2 Å². The predicted octanol–water partition coefficient (Wildman–Crippen LogP) is 3.00. The third kappa shape index (κ3) is 3.98. The van der Waals surface area contributed by atoms with E-state index in [1.165, 1.54) is 0 Å². The van der Waals surface area contributed by atoms with Crippen LogP contribution in [-0.2, 0) is 0 Å². The highest BCUT2D eigenvalue weighted by molar-refractivity contribution is 6.18. The summed E-state index contributed by atoms with van der Waals surface area (Å²) in [5, 5.41) is 0. The molecular weight excluding hydrogens is 289 g/mol. The molecule has 0 radical (unpaired) electrons. The molecule has 0 bridgehead atoms. The SMILES string of the molecule is COc1cc(OC)c(OC)c(N(CCCl)CCCl)c1. The van der Waals surface area contributed by atoms with Gasteiger partial charge in [0.25, 0.3) is 0 Å². The quantitative estimate of drug-likeness (QED) is 0.691. The van der Waals surface area contributed by atoms with Crippen molar-refractivity contribution in [2.45, 2.75) is 0 Å². The van der Waals surface area contributed by atoms with Crippen LogP contribution in [0.5, 0.6) is 17.2 Å². The number of benzene rings is 1. The summed E-state index contributed by atoms with van der Waals surface area (Å²) in [7, 11) is 4.81. The van der Waals surface area contributed by atoms with Crippen LogP contribution in [0.4, 0.5) is 5.69 Å². The van der Waals surface area contributed by atoms with Crippen molar-refractivity contribution in [2.24, 2.45) is 0 Å². The Balaban J connectivity index is 3.26. The van der Waals surface area contributed by atoms with Crippen LogP contribution in [0, 0.1) is 0 Å². The number of alkyl halides is 2. The number of methoxy groups -OCH3 is 3. The minimum absolute atomic E-state index is 0.500. The van der Waals surface area contributed by atoms with Crippen molar-refractivity contribution in [2.75, 3.05) is 51.1 Å². The van der Waals surface area contributed by atoms with Crippen LogP contribution in [-0.4, -0.2) is 46.2 Å². The Hall–Kier alpha value is -1.000. The second-order valence-corrected chi connectivity index (χ2v) is 4.50. The van der Waals surface area contributed by atoms with Gasteiger partial charge in [-0.05, 0) is 0 Å². The van der Waals surface area contributed by atoms with Gasteiger partial charge in [-0.25, -0.2) is 0 Å². The summed E-state index contributed by atoms with van der Waals surface area (Å²) in [6.45, 7) is 1.34. The van der Waals surface area contributed by atoms with E-state index in [0.717, 1.165) is 5.69 Å². The van der Waals surface area contributed by atoms with Crippen LogP contribution < -0.4 is 19.1 Å². The lowest BCUT2D eigenvalue weighted by Crippen LogP contribution is -2.28. The third-order valence-electron chi connectivity index (χ3n) is 2.72. The molecule has 0 spiro atoms. The second-order valence-electron chi connectivity index (χ2n) is 3.75. The van der Waals surface area contributed by atoms with Crippen LogP contribution in [0.2, 0.25) is 0 Å². The van der Waals surface area contributed by atoms with Gasteiger partial charge in [0, 0.05) is 37.0 Å². The number of hydrogen-bond acceptors (Lipinski definition) is 4. The topological polar surface area (TPSA) is 30.9 Å². The minimum atomic E-state index is 0.500. The minimum Gasteiger partial charge on any atom is -0.497 e. The van der Waals surface area contributed by atoms with Gasteiger partial charge in [0.05, 0.1) is 27.0 Å². The second kappa shape index (κ2) is 8.23. The molecule has 0 atom stereocenters. The lowest BCUT2D eigenvalue weighted by atomic mass is 10.2. The summed E-state index contributed by atoms with van der Waals surface area (Å²) in [5.74, 6) is 2.96. The molecule has 0 aliphatic rings. The molecule has 0 unspecified atom stereocenters. The summed E-state index contributed by atoms with van der Waals surface area (Å²) in [4.78, 5) is 2.05.